The quantitative estimate of drug-likeness (QED) is 0.108. The number of pyridine rings is 1. The number of fused-ring (bicyclic) bond motifs is 3. The number of aromatic nitrogens is 1. The molecule has 57 heavy (non-hydrogen) atoms. The van der Waals surface area contributed by atoms with Gasteiger partial charge in [-0.2, -0.15) is 0 Å². The van der Waals surface area contributed by atoms with Gasteiger partial charge in [-0.15, -0.1) is 0 Å². The molecule has 0 bridgehead atoms. The molecule has 1 aliphatic heterocycles. The molecule has 7 aromatic rings. The predicted molar refractivity (Wildman–Crippen MR) is 242 cm³/mol. The highest BCUT2D eigenvalue weighted by atomic mass is 15.2. The van der Waals surface area contributed by atoms with E-state index >= 15 is 0 Å². The molecule has 2 heteroatoms. The summed E-state index contributed by atoms with van der Waals surface area (Å²) in [6.45, 7) is 6.44. The van der Waals surface area contributed by atoms with E-state index in [2.05, 4.69) is 201 Å². The summed E-state index contributed by atoms with van der Waals surface area (Å²) in [5.74, 6) is 0.542. The fourth-order valence-corrected chi connectivity index (χ4v) is 8.84. The maximum atomic E-state index is 4.52. The first kappa shape index (κ1) is 36.1. The Morgan fingerprint density at radius 1 is 0.579 bits per heavy atom. The van der Waals surface area contributed by atoms with Crippen LogP contribution >= 0.6 is 0 Å². The van der Waals surface area contributed by atoms with Crippen LogP contribution in [0.4, 0.5) is 11.4 Å². The van der Waals surface area contributed by atoms with Crippen molar-refractivity contribution in [2.45, 2.75) is 52.0 Å². The molecular formula is C55H48N2. The zero-order valence-corrected chi connectivity index (χ0v) is 33.1. The Morgan fingerprint density at radius 2 is 1.18 bits per heavy atom. The van der Waals surface area contributed by atoms with E-state index in [0.29, 0.717) is 12.0 Å². The SMILES string of the molecule is Cc1ccc(C(=Cc2ccc3c(c2)C2CCCC2N3c2ccc(C=CC(=C(c3ccccc3)c3ccc(C)cc3)c3cccnc3)cc2)c2ccc(C)cc2)cc1. The molecule has 9 rings (SSSR count). The van der Waals surface area contributed by atoms with Gasteiger partial charge in [0.1, 0.15) is 0 Å². The van der Waals surface area contributed by atoms with Crippen LogP contribution in [-0.4, -0.2) is 11.0 Å². The van der Waals surface area contributed by atoms with E-state index in [1.54, 1.807) is 0 Å². The summed E-state index contributed by atoms with van der Waals surface area (Å²) in [5.41, 5.74) is 19.9. The van der Waals surface area contributed by atoms with Gasteiger partial charge in [-0.1, -0.05) is 163 Å². The van der Waals surface area contributed by atoms with Gasteiger partial charge >= 0.3 is 0 Å². The molecule has 6 aromatic carbocycles. The second-order valence-corrected chi connectivity index (χ2v) is 15.8. The molecule has 0 N–H and O–H groups in total. The Bertz CT molecular complexity index is 2530. The number of aryl methyl sites for hydroxylation is 3. The number of hydrogen-bond acceptors (Lipinski definition) is 2. The first-order valence-corrected chi connectivity index (χ1v) is 20.3. The number of anilines is 2. The highest BCUT2D eigenvalue weighted by Gasteiger charge is 2.42. The molecule has 0 saturated heterocycles. The van der Waals surface area contributed by atoms with Crippen molar-refractivity contribution in [2.75, 3.05) is 4.90 Å². The average molecular weight is 737 g/mol. The van der Waals surface area contributed by atoms with Gasteiger partial charge in [-0.25, -0.2) is 0 Å². The van der Waals surface area contributed by atoms with Gasteiger partial charge in [0.2, 0.25) is 0 Å². The molecule has 2 heterocycles. The molecule has 2 nitrogen and oxygen atoms in total. The number of nitrogens with zero attached hydrogens (tertiary/aromatic N) is 2. The molecule has 0 radical (unpaired) electrons. The van der Waals surface area contributed by atoms with E-state index in [0.717, 1.165) is 11.1 Å². The van der Waals surface area contributed by atoms with Gasteiger partial charge in [0.25, 0.3) is 0 Å². The lowest BCUT2D eigenvalue weighted by atomic mass is 9.89. The van der Waals surface area contributed by atoms with Crippen LogP contribution in [0.3, 0.4) is 0 Å². The predicted octanol–water partition coefficient (Wildman–Crippen LogP) is 14.1. The van der Waals surface area contributed by atoms with E-state index in [1.165, 1.54) is 97.4 Å². The van der Waals surface area contributed by atoms with Crippen LogP contribution in [0.2, 0.25) is 0 Å². The second kappa shape index (κ2) is 15.9. The monoisotopic (exact) mass is 736 g/mol. The van der Waals surface area contributed by atoms with Gasteiger partial charge in [0.05, 0.1) is 0 Å². The van der Waals surface area contributed by atoms with Crippen molar-refractivity contribution in [1.29, 1.82) is 0 Å². The molecule has 1 saturated carbocycles. The summed E-state index contributed by atoms with van der Waals surface area (Å²) in [6, 6.07) is 58.4. The van der Waals surface area contributed by atoms with Crippen LogP contribution < -0.4 is 4.90 Å². The standard InChI is InChI=1S/C55H48N2/c1-38-14-24-43(25-15-38)51(44-26-16-39(2)17-27-44)35-42-23-33-54-52(36-42)50-12-7-13-53(50)57(54)48-30-20-41(21-31-48)22-32-49(47-11-8-34-56-37-47)55(45-9-5-4-6-10-45)46-28-18-40(3)19-29-46/h4-6,8-11,14-37,50,53H,7,12-13H2,1-3H3. The summed E-state index contributed by atoms with van der Waals surface area (Å²) < 4.78 is 0. The maximum absolute atomic E-state index is 4.52. The molecule has 2 unspecified atom stereocenters. The van der Waals surface area contributed by atoms with Crippen molar-refractivity contribution >= 4 is 40.2 Å². The number of benzene rings is 6. The van der Waals surface area contributed by atoms with E-state index in [9.17, 15) is 0 Å². The normalized spacial score (nSPS) is 16.3. The van der Waals surface area contributed by atoms with Gasteiger partial charge in [0.15, 0.2) is 0 Å². The van der Waals surface area contributed by atoms with Crippen LogP contribution in [0, 0.1) is 20.8 Å². The van der Waals surface area contributed by atoms with Crippen LogP contribution in [0.25, 0.3) is 28.9 Å². The molecule has 2 atom stereocenters. The Hall–Kier alpha value is -6.51. The highest BCUT2D eigenvalue weighted by Crippen LogP contribution is 2.52. The zero-order chi connectivity index (χ0) is 38.7. The van der Waals surface area contributed by atoms with E-state index in [1.807, 2.05) is 18.5 Å². The van der Waals surface area contributed by atoms with E-state index < -0.39 is 0 Å². The van der Waals surface area contributed by atoms with Gasteiger partial charge in [0, 0.05) is 41.3 Å². The fourth-order valence-electron chi connectivity index (χ4n) is 8.84. The molecule has 2 aliphatic rings. The largest absolute Gasteiger partial charge is 0.338 e. The summed E-state index contributed by atoms with van der Waals surface area (Å²) in [6.07, 6.45) is 14.4. The maximum Gasteiger partial charge on any atom is 0.0450 e. The molecule has 1 aromatic heterocycles. The van der Waals surface area contributed by atoms with Crippen molar-refractivity contribution < 1.29 is 0 Å². The topological polar surface area (TPSA) is 16.1 Å². The summed E-state index contributed by atoms with van der Waals surface area (Å²) in [4.78, 5) is 7.15. The number of hydrogen-bond donors (Lipinski definition) is 0. The van der Waals surface area contributed by atoms with Crippen molar-refractivity contribution in [3.8, 4) is 0 Å². The second-order valence-electron chi connectivity index (χ2n) is 15.8. The molecule has 0 spiro atoms. The number of rotatable bonds is 9. The van der Waals surface area contributed by atoms with Crippen LogP contribution in [0.1, 0.15) is 86.4 Å². The Labute approximate surface area is 338 Å². The van der Waals surface area contributed by atoms with Crippen LogP contribution in [-0.2, 0) is 0 Å². The van der Waals surface area contributed by atoms with Crippen LogP contribution in [0.15, 0.2) is 176 Å². The highest BCUT2D eigenvalue weighted by molar-refractivity contribution is 6.03. The molecule has 1 aliphatic carbocycles. The molecular weight excluding hydrogens is 689 g/mol. The van der Waals surface area contributed by atoms with E-state index in [-0.39, 0.29) is 0 Å². The fraction of sp³-hybridized carbons (Fsp3) is 0.145. The minimum Gasteiger partial charge on any atom is -0.338 e. The number of allylic oxidation sites excluding steroid dienone is 2. The third kappa shape index (κ3) is 7.56. The smallest absolute Gasteiger partial charge is 0.0450 e. The third-order valence-corrected chi connectivity index (χ3v) is 11.8. The Balaban J connectivity index is 1.06. The van der Waals surface area contributed by atoms with Gasteiger partial charge < -0.3 is 4.90 Å². The molecule has 0 amide bonds. The molecule has 1 fully saturated rings. The van der Waals surface area contributed by atoms with Crippen LogP contribution in [0.5, 0.6) is 0 Å². The Morgan fingerprint density at radius 3 is 1.81 bits per heavy atom. The molecule has 278 valence electrons. The van der Waals surface area contributed by atoms with Gasteiger partial charge in [-0.05, 0) is 126 Å². The van der Waals surface area contributed by atoms with Gasteiger partial charge in [-0.3, -0.25) is 4.98 Å². The summed E-state index contributed by atoms with van der Waals surface area (Å²) in [5, 5.41) is 0. The summed E-state index contributed by atoms with van der Waals surface area (Å²) in [7, 11) is 0. The Kier molecular flexibility index (Phi) is 10.1. The van der Waals surface area contributed by atoms with Crippen molar-refractivity contribution in [1.82, 2.24) is 4.98 Å². The van der Waals surface area contributed by atoms with Crippen molar-refractivity contribution in [3.05, 3.63) is 237 Å². The lowest BCUT2D eigenvalue weighted by molar-refractivity contribution is 0.642. The van der Waals surface area contributed by atoms with Crippen molar-refractivity contribution in [2.24, 2.45) is 0 Å². The zero-order valence-electron chi connectivity index (χ0n) is 33.1. The first-order chi connectivity index (χ1) is 28.0. The first-order valence-electron chi connectivity index (χ1n) is 20.3. The lowest BCUT2D eigenvalue weighted by Gasteiger charge is -2.27. The summed E-state index contributed by atoms with van der Waals surface area (Å²) >= 11 is 0. The minimum absolute atomic E-state index is 0.484. The third-order valence-electron chi connectivity index (χ3n) is 11.8. The van der Waals surface area contributed by atoms with E-state index in [4.69, 9.17) is 0 Å². The average Bonchev–Trinajstić information content (AvgIpc) is 3.85. The minimum atomic E-state index is 0.484. The lowest BCUT2D eigenvalue weighted by Crippen LogP contribution is -2.26. The van der Waals surface area contributed by atoms with Crippen molar-refractivity contribution in [3.63, 3.8) is 0 Å².